The van der Waals surface area contributed by atoms with Crippen molar-refractivity contribution in [3.63, 3.8) is 0 Å². The van der Waals surface area contributed by atoms with E-state index in [1.165, 1.54) is 11.8 Å². The fourth-order valence-corrected chi connectivity index (χ4v) is 3.73. The van der Waals surface area contributed by atoms with Crippen LogP contribution in [0.1, 0.15) is 23.2 Å². The molecule has 1 heterocycles. The number of hydrogen-bond donors (Lipinski definition) is 1. The molecule has 2 N–H and O–H groups in total. The Bertz CT molecular complexity index is 826. The topological polar surface area (TPSA) is 89.0 Å². The zero-order valence-electron chi connectivity index (χ0n) is 13.3. The lowest BCUT2D eigenvalue weighted by molar-refractivity contribution is -0.115. The van der Waals surface area contributed by atoms with Crippen molar-refractivity contribution < 1.29 is 9.53 Å². The number of primary amides is 1. The summed E-state index contributed by atoms with van der Waals surface area (Å²) in [6, 6.07) is 9.95. The molecule has 0 saturated carbocycles. The summed E-state index contributed by atoms with van der Waals surface area (Å²) in [6.07, 6.45) is 2.84. The molecule has 1 aromatic heterocycles. The van der Waals surface area contributed by atoms with Crippen LogP contribution in [0.25, 0.3) is 11.1 Å². The van der Waals surface area contributed by atoms with Crippen LogP contribution >= 0.6 is 11.8 Å². The average molecular weight is 339 g/mol. The van der Waals surface area contributed by atoms with Gasteiger partial charge in [-0.1, -0.05) is 23.9 Å². The number of rotatable bonds is 5. The number of methoxy groups -OCH3 is 1. The number of aryl methyl sites for hydroxylation is 1. The molecule has 3 rings (SSSR count). The molecule has 6 heteroatoms. The largest absolute Gasteiger partial charge is 0.497 e. The smallest absolute Gasteiger partial charge is 0.227 e. The highest BCUT2D eigenvalue weighted by atomic mass is 32.2. The van der Waals surface area contributed by atoms with E-state index < -0.39 is 5.91 Å². The van der Waals surface area contributed by atoms with Gasteiger partial charge in [0.15, 0.2) is 0 Å². The summed E-state index contributed by atoms with van der Waals surface area (Å²) in [7, 11) is 1.62. The Morgan fingerprint density at radius 2 is 2.12 bits per heavy atom. The molecule has 1 amide bonds. The van der Waals surface area contributed by atoms with Crippen molar-refractivity contribution in [1.82, 2.24) is 4.98 Å². The van der Waals surface area contributed by atoms with E-state index in [2.05, 4.69) is 11.1 Å². The lowest BCUT2D eigenvalue weighted by Gasteiger charge is -2.14. The highest BCUT2D eigenvalue weighted by molar-refractivity contribution is 8.00. The van der Waals surface area contributed by atoms with Crippen LogP contribution in [-0.2, 0) is 17.6 Å². The Balaban J connectivity index is 2.15. The van der Waals surface area contributed by atoms with Gasteiger partial charge in [-0.15, -0.1) is 0 Å². The molecule has 0 spiro atoms. The molecule has 2 aromatic rings. The maximum atomic E-state index is 11.1. The number of carbonyl (C=O) groups is 1. The third kappa shape index (κ3) is 3.08. The van der Waals surface area contributed by atoms with Gasteiger partial charge in [-0.2, -0.15) is 5.26 Å². The minimum Gasteiger partial charge on any atom is -0.497 e. The Hall–Kier alpha value is -2.52. The first kappa shape index (κ1) is 16.3. The SMILES string of the molecule is COc1ccc(-c2c(C#N)c(SCC(N)=O)nc3c2CCC3)cc1. The van der Waals surface area contributed by atoms with Gasteiger partial charge in [-0.3, -0.25) is 4.79 Å². The van der Waals surface area contributed by atoms with E-state index in [9.17, 15) is 10.1 Å². The van der Waals surface area contributed by atoms with Gasteiger partial charge in [-0.25, -0.2) is 4.98 Å². The maximum absolute atomic E-state index is 11.1. The number of aromatic nitrogens is 1. The zero-order chi connectivity index (χ0) is 17.1. The number of carbonyl (C=O) groups excluding carboxylic acids is 1. The number of thioether (sulfide) groups is 1. The summed E-state index contributed by atoms with van der Waals surface area (Å²) in [5.74, 6) is 0.464. The molecule has 0 fully saturated rings. The Morgan fingerprint density at radius 1 is 1.38 bits per heavy atom. The molecule has 0 radical (unpaired) electrons. The second-order valence-corrected chi connectivity index (χ2v) is 6.51. The number of hydrogen-bond acceptors (Lipinski definition) is 5. The molecule has 122 valence electrons. The van der Waals surface area contributed by atoms with E-state index in [0.717, 1.165) is 47.4 Å². The highest BCUT2D eigenvalue weighted by Crippen LogP contribution is 2.38. The second kappa shape index (κ2) is 6.93. The molecule has 0 saturated heterocycles. The van der Waals surface area contributed by atoms with Crippen LogP contribution in [0.3, 0.4) is 0 Å². The lowest BCUT2D eigenvalue weighted by Crippen LogP contribution is -2.13. The molecular formula is C18H17N3O2S. The number of pyridine rings is 1. The minimum absolute atomic E-state index is 0.114. The van der Waals surface area contributed by atoms with Crippen LogP contribution < -0.4 is 10.5 Å². The molecule has 1 aliphatic carbocycles. The Kier molecular flexibility index (Phi) is 4.72. The average Bonchev–Trinajstić information content (AvgIpc) is 3.06. The summed E-state index contributed by atoms with van der Waals surface area (Å²) in [5, 5.41) is 10.3. The van der Waals surface area contributed by atoms with Gasteiger partial charge in [0.05, 0.1) is 18.4 Å². The number of benzene rings is 1. The van der Waals surface area contributed by atoms with Gasteiger partial charge >= 0.3 is 0 Å². The number of nitrogens with zero attached hydrogens (tertiary/aromatic N) is 2. The predicted octanol–water partition coefficient (Wildman–Crippen LogP) is 2.69. The van der Waals surface area contributed by atoms with Crippen molar-refractivity contribution in [3.05, 3.63) is 41.1 Å². The van der Waals surface area contributed by atoms with Crippen molar-refractivity contribution >= 4 is 17.7 Å². The van der Waals surface area contributed by atoms with Crippen LogP contribution in [0.2, 0.25) is 0 Å². The first-order valence-corrected chi connectivity index (χ1v) is 8.64. The Morgan fingerprint density at radius 3 is 2.75 bits per heavy atom. The predicted molar refractivity (Wildman–Crippen MR) is 92.9 cm³/mol. The molecule has 0 unspecified atom stereocenters. The molecule has 5 nitrogen and oxygen atoms in total. The van der Waals surface area contributed by atoms with Crippen molar-refractivity contribution in [3.8, 4) is 22.9 Å². The summed E-state index contributed by atoms with van der Waals surface area (Å²) in [5.41, 5.74) is 9.81. The van der Waals surface area contributed by atoms with E-state index in [0.29, 0.717) is 10.6 Å². The van der Waals surface area contributed by atoms with Crippen molar-refractivity contribution in [2.24, 2.45) is 5.73 Å². The number of fused-ring (bicyclic) bond motifs is 1. The van der Waals surface area contributed by atoms with E-state index in [4.69, 9.17) is 10.5 Å². The summed E-state index contributed by atoms with van der Waals surface area (Å²) < 4.78 is 5.21. The van der Waals surface area contributed by atoms with E-state index in [1.54, 1.807) is 7.11 Å². The molecule has 1 aromatic carbocycles. The van der Waals surface area contributed by atoms with E-state index in [1.807, 2.05) is 24.3 Å². The second-order valence-electron chi connectivity index (χ2n) is 5.54. The molecule has 0 bridgehead atoms. The maximum Gasteiger partial charge on any atom is 0.227 e. The quantitative estimate of drug-likeness (QED) is 0.846. The van der Waals surface area contributed by atoms with Crippen LogP contribution in [0.5, 0.6) is 5.75 Å². The number of nitrogens with two attached hydrogens (primary N) is 1. The van der Waals surface area contributed by atoms with Gasteiger partial charge in [0, 0.05) is 11.3 Å². The fourth-order valence-electron chi connectivity index (χ4n) is 2.98. The van der Waals surface area contributed by atoms with Crippen LogP contribution in [0.15, 0.2) is 29.3 Å². The van der Waals surface area contributed by atoms with Crippen LogP contribution in [0, 0.1) is 11.3 Å². The molecule has 0 atom stereocenters. The third-order valence-electron chi connectivity index (χ3n) is 4.03. The van der Waals surface area contributed by atoms with E-state index in [-0.39, 0.29) is 5.75 Å². The van der Waals surface area contributed by atoms with Crippen molar-refractivity contribution in [2.75, 3.05) is 12.9 Å². The molecule has 1 aliphatic rings. The fraction of sp³-hybridized carbons (Fsp3) is 0.278. The van der Waals surface area contributed by atoms with Crippen LogP contribution in [-0.4, -0.2) is 23.8 Å². The van der Waals surface area contributed by atoms with Crippen LogP contribution in [0.4, 0.5) is 0 Å². The normalized spacial score (nSPS) is 12.5. The molecule has 24 heavy (non-hydrogen) atoms. The number of amides is 1. The van der Waals surface area contributed by atoms with Crippen molar-refractivity contribution in [2.45, 2.75) is 24.3 Å². The number of nitriles is 1. The standard InChI is InChI=1S/C18H17N3O2S/c1-23-12-7-5-11(6-8-12)17-13-3-2-4-15(13)21-18(14(17)9-19)24-10-16(20)22/h5-8H,2-4,10H2,1H3,(H2,20,22). The van der Waals surface area contributed by atoms with Gasteiger partial charge in [0.25, 0.3) is 0 Å². The van der Waals surface area contributed by atoms with Crippen molar-refractivity contribution in [1.29, 1.82) is 5.26 Å². The van der Waals surface area contributed by atoms with Gasteiger partial charge in [0.1, 0.15) is 16.8 Å². The van der Waals surface area contributed by atoms with E-state index >= 15 is 0 Å². The van der Waals surface area contributed by atoms with Gasteiger partial charge in [-0.05, 0) is 42.5 Å². The highest BCUT2D eigenvalue weighted by Gasteiger charge is 2.24. The van der Waals surface area contributed by atoms with Gasteiger partial charge < -0.3 is 10.5 Å². The molecular weight excluding hydrogens is 322 g/mol. The summed E-state index contributed by atoms with van der Waals surface area (Å²) in [4.78, 5) is 15.7. The first-order valence-electron chi connectivity index (χ1n) is 7.65. The Labute approximate surface area is 144 Å². The summed E-state index contributed by atoms with van der Waals surface area (Å²) >= 11 is 1.23. The molecule has 0 aliphatic heterocycles. The first-order chi connectivity index (χ1) is 11.6. The monoisotopic (exact) mass is 339 g/mol. The number of ether oxygens (including phenoxy) is 1. The zero-order valence-corrected chi connectivity index (χ0v) is 14.2. The third-order valence-corrected chi connectivity index (χ3v) is 5.03. The lowest BCUT2D eigenvalue weighted by atomic mass is 9.95. The summed E-state index contributed by atoms with van der Waals surface area (Å²) in [6.45, 7) is 0. The minimum atomic E-state index is -0.419. The van der Waals surface area contributed by atoms with Gasteiger partial charge in [0.2, 0.25) is 5.91 Å².